The van der Waals surface area contributed by atoms with E-state index in [0.29, 0.717) is 23.4 Å². The molecular formula is C28H19F5N2O3. The van der Waals surface area contributed by atoms with E-state index in [9.17, 15) is 32.0 Å². The number of ether oxygens (including phenoxy) is 2. The molecule has 0 amide bonds. The monoisotopic (exact) mass is 526 g/mol. The minimum atomic E-state index is -5.02. The van der Waals surface area contributed by atoms with Crippen molar-refractivity contribution in [2.75, 3.05) is 14.2 Å². The van der Waals surface area contributed by atoms with Crippen LogP contribution in [0.25, 0.3) is 22.4 Å². The van der Waals surface area contributed by atoms with Crippen molar-refractivity contribution in [3.8, 4) is 40.0 Å². The van der Waals surface area contributed by atoms with Gasteiger partial charge in [-0.25, -0.2) is 8.78 Å². The van der Waals surface area contributed by atoms with Gasteiger partial charge in [-0.05, 0) is 47.5 Å². The average Bonchev–Trinajstić information content (AvgIpc) is 2.90. The lowest BCUT2D eigenvalue weighted by molar-refractivity contribution is -0.137. The number of methoxy groups -OCH3 is 2. The largest absolute Gasteiger partial charge is 0.497 e. The van der Waals surface area contributed by atoms with E-state index in [-0.39, 0.29) is 22.6 Å². The Kier molecular flexibility index (Phi) is 7.21. The fourth-order valence-corrected chi connectivity index (χ4v) is 4.04. The maximum absolute atomic E-state index is 14.5. The quantitative estimate of drug-likeness (QED) is 0.272. The van der Waals surface area contributed by atoms with Gasteiger partial charge in [0, 0.05) is 17.2 Å². The summed E-state index contributed by atoms with van der Waals surface area (Å²) in [4.78, 5) is 13.2. The summed E-state index contributed by atoms with van der Waals surface area (Å²) in [6, 6.07) is 16.3. The van der Waals surface area contributed by atoms with Crippen LogP contribution >= 0.6 is 0 Å². The topological polar surface area (TPSA) is 64.2 Å². The zero-order valence-corrected chi connectivity index (χ0v) is 20.1. The number of rotatable bonds is 6. The molecule has 3 aromatic carbocycles. The van der Waals surface area contributed by atoms with Gasteiger partial charge in [0.1, 0.15) is 34.8 Å². The zero-order chi connectivity index (χ0) is 27.6. The van der Waals surface area contributed by atoms with Crippen molar-refractivity contribution in [2.45, 2.75) is 12.7 Å². The summed E-state index contributed by atoms with van der Waals surface area (Å²) >= 11 is 0. The molecule has 0 aliphatic rings. The second-order valence-corrected chi connectivity index (χ2v) is 8.20. The lowest BCUT2D eigenvalue weighted by atomic mass is 9.99. The highest BCUT2D eigenvalue weighted by Gasteiger charge is 2.37. The average molecular weight is 526 g/mol. The van der Waals surface area contributed by atoms with Gasteiger partial charge in [-0.2, -0.15) is 18.4 Å². The Bertz CT molecular complexity index is 1600. The molecule has 0 saturated carbocycles. The van der Waals surface area contributed by atoms with Gasteiger partial charge in [-0.1, -0.05) is 24.3 Å². The van der Waals surface area contributed by atoms with Gasteiger partial charge >= 0.3 is 6.18 Å². The number of aromatic nitrogens is 1. The highest BCUT2D eigenvalue weighted by atomic mass is 19.4. The summed E-state index contributed by atoms with van der Waals surface area (Å²) < 4.78 is 80.9. The lowest BCUT2D eigenvalue weighted by Crippen LogP contribution is -2.29. The first kappa shape index (κ1) is 26.4. The molecule has 0 fully saturated rings. The molecule has 0 unspecified atom stereocenters. The molecular weight excluding hydrogens is 507 g/mol. The molecule has 4 rings (SSSR count). The third kappa shape index (κ3) is 5.09. The van der Waals surface area contributed by atoms with E-state index < -0.39 is 41.0 Å². The molecule has 1 aromatic heterocycles. The number of halogens is 5. The molecule has 38 heavy (non-hydrogen) atoms. The van der Waals surface area contributed by atoms with Crippen molar-refractivity contribution in [1.29, 1.82) is 5.26 Å². The van der Waals surface area contributed by atoms with E-state index in [0.717, 1.165) is 22.3 Å². The molecule has 0 bridgehead atoms. The smallest absolute Gasteiger partial charge is 0.417 e. The summed E-state index contributed by atoms with van der Waals surface area (Å²) in [5.41, 5.74) is -2.75. The van der Waals surface area contributed by atoms with E-state index in [1.165, 1.54) is 26.4 Å². The summed E-state index contributed by atoms with van der Waals surface area (Å²) in [7, 11) is 2.84. The van der Waals surface area contributed by atoms with Crippen molar-refractivity contribution in [3.05, 3.63) is 105 Å². The van der Waals surface area contributed by atoms with Crippen LogP contribution in [0, 0.1) is 23.0 Å². The van der Waals surface area contributed by atoms with E-state index in [1.54, 1.807) is 36.4 Å². The van der Waals surface area contributed by atoms with Gasteiger partial charge in [0.15, 0.2) is 0 Å². The van der Waals surface area contributed by atoms with Gasteiger partial charge in [0.2, 0.25) is 0 Å². The SMILES string of the molecule is COc1ccc(-c2ccc(-c3cc(C(F)(F)F)c(C#N)c(=O)n3Cc3ccc(F)cc3F)c(OC)c2)cc1. The lowest BCUT2D eigenvalue weighted by Gasteiger charge is -2.20. The van der Waals surface area contributed by atoms with Gasteiger partial charge < -0.3 is 14.0 Å². The molecule has 0 radical (unpaired) electrons. The molecule has 0 N–H and O–H groups in total. The van der Waals surface area contributed by atoms with Gasteiger partial charge in [0.25, 0.3) is 5.56 Å². The predicted molar refractivity (Wildman–Crippen MR) is 130 cm³/mol. The standard InChI is InChI=1S/C28H19F5N2O3/c1-37-20-8-4-16(5-9-20)17-6-10-21(26(11-17)38-2)25-13-23(28(31,32)33)22(14-34)27(36)35(25)15-18-3-7-19(29)12-24(18)30/h3-13H,15H2,1-2H3. The number of nitriles is 1. The minimum absolute atomic E-state index is 0.0966. The molecule has 1 heterocycles. The molecule has 194 valence electrons. The molecule has 4 aromatic rings. The molecule has 0 aliphatic carbocycles. The Labute approximate surface area is 213 Å². The second-order valence-electron chi connectivity index (χ2n) is 8.20. The number of nitrogens with zero attached hydrogens (tertiary/aromatic N) is 2. The third-order valence-corrected chi connectivity index (χ3v) is 5.96. The Hall–Kier alpha value is -4.65. The van der Waals surface area contributed by atoms with Crippen LogP contribution in [0.2, 0.25) is 0 Å². The van der Waals surface area contributed by atoms with Crippen molar-refractivity contribution in [2.24, 2.45) is 0 Å². The number of hydrogen-bond acceptors (Lipinski definition) is 4. The summed E-state index contributed by atoms with van der Waals surface area (Å²) in [5, 5.41) is 9.39. The second kappa shape index (κ2) is 10.4. The number of pyridine rings is 1. The van der Waals surface area contributed by atoms with E-state index in [4.69, 9.17) is 9.47 Å². The van der Waals surface area contributed by atoms with Crippen molar-refractivity contribution < 1.29 is 31.4 Å². The first-order valence-corrected chi connectivity index (χ1v) is 11.1. The van der Waals surface area contributed by atoms with Crippen LogP contribution in [0.1, 0.15) is 16.7 Å². The number of benzene rings is 3. The van der Waals surface area contributed by atoms with Crippen LogP contribution in [-0.2, 0) is 12.7 Å². The van der Waals surface area contributed by atoms with E-state index in [1.807, 2.05) is 0 Å². The third-order valence-electron chi connectivity index (χ3n) is 5.96. The van der Waals surface area contributed by atoms with E-state index >= 15 is 0 Å². The van der Waals surface area contributed by atoms with Crippen molar-refractivity contribution in [3.63, 3.8) is 0 Å². The summed E-state index contributed by atoms with van der Waals surface area (Å²) in [6.07, 6.45) is -5.02. The van der Waals surface area contributed by atoms with Crippen molar-refractivity contribution >= 4 is 0 Å². The Morgan fingerprint density at radius 3 is 2.16 bits per heavy atom. The molecule has 0 saturated heterocycles. The molecule has 0 spiro atoms. The highest BCUT2D eigenvalue weighted by molar-refractivity contribution is 5.76. The molecule has 5 nitrogen and oxygen atoms in total. The Morgan fingerprint density at radius 1 is 0.895 bits per heavy atom. The first-order valence-electron chi connectivity index (χ1n) is 11.1. The van der Waals surface area contributed by atoms with Crippen LogP contribution < -0.4 is 15.0 Å². The maximum Gasteiger partial charge on any atom is 0.417 e. The van der Waals surface area contributed by atoms with E-state index in [2.05, 4.69) is 0 Å². The summed E-state index contributed by atoms with van der Waals surface area (Å²) in [6.45, 7) is -0.559. The predicted octanol–water partition coefficient (Wildman–Crippen LogP) is 6.42. The molecule has 10 heteroatoms. The van der Waals surface area contributed by atoms with Crippen LogP contribution in [0.3, 0.4) is 0 Å². The fraction of sp³-hybridized carbons (Fsp3) is 0.143. The normalized spacial score (nSPS) is 11.2. The fourth-order valence-electron chi connectivity index (χ4n) is 4.04. The molecule has 0 aliphatic heterocycles. The number of alkyl halides is 3. The van der Waals surface area contributed by atoms with Gasteiger partial charge in [0.05, 0.1) is 32.0 Å². The zero-order valence-electron chi connectivity index (χ0n) is 20.1. The summed E-state index contributed by atoms with van der Waals surface area (Å²) in [5.74, 6) is -1.10. The van der Waals surface area contributed by atoms with Crippen LogP contribution in [0.15, 0.2) is 71.5 Å². The Balaban J connectivity index is 1.96. The van der Waals surface area contributed by atoms with Crippen LogP contribution in [0.5, 0.6) is 11.5 Å². The first-order chi connectivity index (χ1) is 18.1. The van der Waals surface area contributed by atoms with Gasteiger partial charge in [-0.3, -0.25) is 4.79 Å². The molecule has 0 atom stereocenters. The highest BCUT2D eigenvalue weighted by Crippen LogP contribution is 2.38. The maximum atomic E-state index is 14.5. The van der Waals surface area contributed by atoms with Crippen LogP contribution in [-0.4, -0.2) is 18.8 Å². The van der Waals surface area contributed by atoms with Crippen LogP contribution in [0.4, 0.5) is 22.0 Å². The Morgan fingerprint density at radius 2 is 1.58 bits per heavy atom. The van der Waals surface area contributed by atoms with Gasteiger partial charge in [-0.15, -0.1) is 0 Å². The van der Waals surface area contributed by atoms with Crippen molar-refractivity contribution in [1.82, 2.24) is 4.57 Å². The number of hydrogen-bond donors (Lipinski definition) is 0. The minimum Gasteiger partial charge on any atom is -0.497 e.